The van der Waals surface area contributed by atoms with Gasteiger partial charge in [0.05, 0.1) is 6.10 Å². The average molecular weight is 267 g/mol. The van der Waals surface area contributed by atoms with Crippen molar-refractivity contribution in [2.75, 3.05) is 13.6 Å². The van der Waals surface area contributed by atoms with E-state index < -0.39 is 11.5 Å². The quantitative estimate of drug-likeness (QED) is 0.901. The summed E-state index contributed by atoms with van der Waals surface area (Å²) >= 11 is 0. The molecule has 0 bridgehead atoms. The van der Waals surface area contributed by atoms with Crippen LogP contribution in [0.2, 0.25) is 0 Å². The van der Waals surface area contributed by atoms with Crippen LogP contribution in [-0.4, -0.2) is 35.6 Å². The third-order valence-corrected chi connectivity index (χ3v) is 4.09. The van der Waals surface area contributed by atoms with E-state index in [4.69, 9.17) is 0 Å². The van der Waals surface area contributed by atoms with Gasteiger partial charge in [0.1, 0.15) is 5.41 Å². The van der Waals surface area contributed by atoms with Crippen molar-refractivity contribution in [3.63, 3.8) is 0 Å². The van der Waals surface area contributed by atoms with Crippen LogP contribution in [0.25, 0.3) is 0 Å². The zero-order chi connectivity index (χ0) is 14.2. The molecule has 2 aromatic rings. The van der Waals surface area contributed by atoms with Gasteiger partial charge in [-0.25, -0.2) is 0 Å². The molecule has 102 valence electrons. The summed E-state index contributed by atoms with van der Waals surface area (Å²) in [6, 6.07) is 19.1. The van der Waals surface area contributed by atoms with Gasteiger partial charge in [0.25, 0.3) is 0 Å². The fraction of sp³-hybridized carbons (Fsp3) is 0.235. The van der Waals surface area contributed by atoms with Gasteiger partial charge in [-0.3, -0.25) is 4.79 Å². The molecule has 1 amide bonds. The highest BCUT2D eigenvalue weighted by atomic mass is 16.3. The number of hydrogen-bond donors (Lipinski definition) is 1. The van der Waals surface area contributed by atoms with Gasteiger partial charge in [0, 0.05) is 13.6 Å². The van der Waals surface area contributed by atoms with E-state index in [0.29, 0.717) is 6.54 Å². The number of aliphatic hydroxyl groups is 1. The van der Waals surface area contributed by atoms with Crippen molar-refractivity contribution in [2.24, 2.45) is 0 Å². The van der Waals surface area contributed by atoms with Crippen molar-refractivity contribution < 1.29 is 9.90 Å². The number of likely N-dealkylation sites (N-methyl/N-ethyl adjacent to an activating group) is 1. The molecule has 2 aromatic carbocycles. The normalized spacial score (nSPS) is 21.2. The first-order valence-corrected chi connectivity index (χ1v) is 6.72. The minimum absolute atomic E-state index is 0.0533. The van der Waals surface area contributed by atoms with Crippen LogP contribution >= 0.6 is 0 Å². The van der Waals surface area contributed by atoms with E-state index in [0.717, 1.165) is 11.1 Å². The highest BCUT2D eigenvalue weighted by Gasteiger charge is 2.54. The fourth-order valence-electron chi connectivity index (χ4n) is 3.12. The number of carbonyl (C=O) groups excluding carboxylic acids is 1. The molecule has 1 aliphatic heterocycles. The van der Waals surface area contributed by atoms with Gasteiger partial charge >= 0.3 is 0 Å². The molecule has 0 radical (unpaired) electrons. The molecule has 0 saturated carbocycles. The molecule has 1 aliphatic rings. The van der Waals surface area contributed by atoms with Crippen molar-refractivity contribution >= 4 is 5.91 Å². The Morgan fingerprint density at radius 1 is 1.00 bits per heavy atom. The number of benzene rings is 2. The Morgan fingerprint density at radius 2 is 1.45 bits per heavy atom. The predicted molar refractivity (Wildman–Crippen MR) is 77.3 cm³/mol. The fourth-order valence-corrected chi connectivity index (χ4v) is 3.12. The SMILES string of the molecule is CN1CC(O)C(c2ccccc2)(c2ccccc2)C1=O. The van der Waals surface area contributed by atoms with E-state index in [-0.39, 0.29) is 5.91 Å². The van der Waals surface area contributed by atoms with Crippen molar-refractivity contribution in [2.45, 2.75) is 11.5 Å². The van der Waals surface area contributed by atoms with Crippen LogP contribution in [0.5, 0.6) is 0 Å². The number of rotatable bonds is 2. The molecule has 1 unspecified atom stereocenters. The van der Waals surface area contributed by atoms with Crippen LogP contribution < -0.4 is 0 Å². The zero-order valence-electron chi connectivity index (χ0n) is 11.4. The van der Waals surface area contributed by atoms with Gasteiger partial charge in [-0.2, -0.15) is 0 Å². The number of carbonyl (C=O) groups is 1. The number of amides is 1. The first-order chi connectivity index (χ1) is 9.67. The summed E-state index contributed by atoms with van der Waals surface area (Å²) in [5.41, 5.74) is 0.693. The molecule has 3 heteroatoms. The highest BCUT2D eigenvalue weighted by molar-refractivity contribution is 5.95. The topological polar surface area (TPSA) is 40.5 Å². The van der Waals surface area contributed by atoms with Crippen LogP contribution in [0, 0.1) is 0 Å². The number of aliphatic hydroxyl groups excluding tert-OH is 1. The third-order valence-electron chi connectivity index (χ3n) is 4.09. The van der Waals surface area contributed by atoms with Gasteiger partial charge in [-0.1, -0.05) is 60.7 Å². The van der Waals surface area contributed by atoms with Crippen molar-refractivity contribution in [3.05, 3.63) is 71.8 Å². The predicted octanol–water partition coefficient (Wildman–Crippen LogP) is 1.81. The summed E-state index contributed by atoms with van der Waals surface area (Å²) in [7, 11) is 1.74. The van der Waals surface area contributed by atoms with E-state index in [1.165, 1.54) is 0 Å². The smallest absolute Gasteiger partial charge is 0.240 e. The molecular formula is C17H17NO2. The molecule has 20 heavy (non-hydrogen) atoms. The van der Waals surface area contributed by atoms with E-state index in [2.05, 4.69) is 0 Å². The molecule has 0 aromatic heterocycles. The molecule has 1 atom stereocenters. The first kappa shape index (κ1) is 12.9. The second-order valence-corrected chi connectivity index (χ2v) is 5.24. The van der Waals surface area contributed by atoms with Crippen LogP contribution in [0.4, 0.5) is 0 Å². The zero-order valence-corrected chi connectivity index (χ0v) is 11.4. The Kier molecular flexibility index (Phi) is 3.07. The summed E-state index contributed by atoms with van der Waals surface area (Å²) in [5, 5.41) is 10.6. The number of β-amino-alcohol motifs (C(OH)–C–C–N with tert-alkyl or cyclic N) is 1. The molecule has 1 fully saturated rings. The molecule has 3 rings (SSSR count). The standard InChI is InChI=1S/C17H17NO2/c1-18-12-15(19)17(16(18)20,13-8-4-2-5-9-13)14-10-6-3-7-11-14/h2-11,15,19H,12H2,1H3. The second kappa shape index (κ2) is 4.76. The lowest BCUT2D eigenvalue weighted by atomic mass is 9.71. The molecule has 3 nitrogen and oxygen atoms in total. The summed E-state index contributed by atoms with van der Waals surface area (Å²) in [5.74, 6) is -0.0533. The number of hydrogen-bond acceptors (Lipinski definition) is 2. The monoisotopic (exact) mass is 267 g/mol. The summed E-state index contributed by atoms with van der Waals surface area (Å²) in [4.78, 5) is 14.4. The number of likely N-dealkylation sites (tertiary alicyclic amines) is 1. The molecule has 1 N–H and O–H groups in total. The Bertz CT molecular complexity index is 570. The minimum Gasteiger partial charge on any atom is -0.389 e. The lowest BCUT2D eigenvalue weighted by molar-refractivity contribution is -0.130. The molecule has 1 heterocycles. The van der Waals surface area contributed by atoms with Gasteiger partial charge < -0.3 is 10.0 Å². The van der Waals surface area contributed by atoms with Gasteiger partial charge in [0.15, 0.2) is 0 Å². The van der Waals surface area contributed by atoms with Crippen LogP contribution in [0.15, 0.2) is 60.7 Å². The van der Waals surface area contributed by atoms with Gasteiger partial charge in [-0.15, -0.1) is 0 Å². The maximum absolute atomic E-state index is 12.8. The molecule has 1 saturated heterocycles. The van der Waals surface area contributed by atoms with Gasteiger partial charge in [-0.05, 0) is 11.1 Å². The van der Waals surface area contributed by atoms with Crippen LogP contribution in [-0.2, 0) is 10.2 Å². The second-order valence-electron chi connectivity index (χ2n) is 5.24. The average Bonchev–Trinajstić information content (AvgIpc) is 2.72. The minimum atomic E-state index is -0.989. The molecule has 0 spiro atoms. The summed E-state index contributed by atoms with van der Waals surface area (Å²) in [6.07, 6.45) is -0.746. The third kappa shape index (κ3) is 1.67. The van der Waals surface area contributed by atoms with E-state index in [1.807, 2.05) is 60.7 Å². The Balaban J connectivity index is 2.27. The number of nitrogens with zero attached hydrogens (tertiary/aromatic N) is 1. The maximum atomic E-state index is 12.8. The van der Waals surface area contributed by atoms with E-state index in [1.54, 1.807) is 11.9 Å². The van der Waals surface area contributed by atoms with Crippen LogP contribution in [0.3, 0.4) is 0 Å². The Labute approximate surface area is 118 Å². The van der Waals surface area contributed by atoms with E-state index >= 15 is 0 Å². The lowest BCUT2D eigenvalue weighted by Gasteiger charge is -2.31. The largest absolute Gasteiger partial charge is 0.389 e. The van der Waals surface area contributed by atoms with Crippen molar-refractivity contribution in [3.8, 4) is 0 Å². The van der Waals surface area contributed by atoms with Crippen molar-refractivity contribution in [1.29, 1.82) is 0 Å². The van der Waals surface area contributed by atoms with Crippen LogP contribution in [0.1, 0.15) is 11.1 Å². The Hall–Kier alpha value is -2.13. The Morgan fingerprint density at radius 3 is 1.80 bits per heavy atom. The maximum Gasteiger partial charge on any atom is 0.240 e. The summed E-state index contributed by atoms with van der Waals surface area (Å²) in [6.45, 7) is 0.350. The van der Waals surface area contributed by atoms with Crippen molar-refractivity contribution in [1.82, 2.24) is 4.90 Å². The lowest BCUT2D eigenvalue weighted by Crippen LogP contribution is -2.43. The highest BCUT2D eigenvalue weighted by Crippen LogP contribution is 2.41. The van der Waals surface area contributed by atoms with E-state index in [9.17, 15) is 9.90 Å². The first-order valence-electron chi connectivity index (χ1n) is 6.72. The molecular weight excluding hydrogens is 250 g/mol. The summed E-state index contributed by atoms with van der Waals surface area (Å²) < 4.78 is 0. The molecule has 0 aliphatic carbocycles. The van der Waals surface area contributed by atoms with Gasteiger partial charge in [0.2, 0.25) is 5.91 Å².